The van der Waals surface area contributed by atoms with Gasteiger partial charge in [-0.25, -0.2) is 0 Å². The van der Waals surface area contributed by atoms with E-state index in [4.69, 9.17) is 21.4 Å². The van der Waals surface area contributed by atoms with Gasteiger partial charge in [0, 0.05) is 0 Å². The average Bonchev–Trinajstić information content (AvgIpc) is 2.22. The van der Waals surface area contributed by atoms with Crippen LogP contribution in [-0.2, 0) is 11.2 Å². The molecule has 0 aliphatic rings. The first-order valence-electron chi connectivity index (χ1n) is 3.92. The van der Waals surface area contributed by atoms with E-state index in [1.807, 2.05) is 30.3 Å². The van der Waals surface area contributed by atoms with Crippen molar-refractivity contribution in [1.82, 2.24) is 0 Å². The Morgan fingerprint density at radius 1 is 1.29 bits per heavy atom. The molecular formula is C9H13NO4. The van der Waals surface area contributed by atoms with Crippen LogP contribution in [0.2, 0.25) is 0 Å². The SMILES string of the molecule is N[C@@H](Cc1ccccc1)C(=O)O.OO. The summed E-state index contributed by atoms with van der Waals surface area (Å²) in [5.41, 5.74) is 6.30. The molecule has 78 valence electrons. The van der Waals surface area contributed by atoms with E-state index in [0.29, 0.717) is 6.42 Å². The number of carboxylic acid groups (broad SMARTS) is 1. The van der Waals surface area contributed by atoms with E-state index in [1.54, 1.807) is 0 Å². The Balaban J connectivity index is 0.000000791. The van der Waals surface area contributed by atoms with Gasteiger partial charge in [0.2, 0.25) is 0 Å². The minimum Gasteiger partial charge on any atom is -0.480 e. The molecule has 1 aromatic rings. The Morgan fingerprint density at radius 2 is 1.79 bits per heavy atom. The molecule has 0 amide bonds. The van der Waals surface area contributed by atoms with Gasteiger partial charge in [-0.05, 0) is 12.0 Å². The first-order chi connectivity index (χ1) is 6.70. The van der Waals surface area contributed by atoms with E-state index >= 15 is 0 Å². The third kappa shape index (κ3) is 4.56. The number of rotatable bonds is 3. The third-order valence-electron chi connectivity index (χ3n) is 1.62. The molecule has 0 spiro atoms. The van der Waals surface area contributed by atoms with Crippen molar-refractivity contribution in [2.75, 3.05) is 0 Å². The van der Waals surface area contributed by atoms with Crippen molar-refractivity contribution in [3.63, 3.8) is 0 Å². The summed E-state index contributed by atoms with van der Waals surface area (Å²) in [6.07, 6.45) is 0.385. The van der Waals surface area contributed by atoms with Gasteiger partial charge >= 0.3 is 5.97 Å². The highest BCUT2D eigenvalue weighted by molar-refractivity contribution is 5.73. The molecule has 0 saturated heterocycles. The zero-order valence-electron chi connectivity index (χ0n) is 7.50. The number of aliphatic carboxylic acids is 1. The maximum atomic E-state index is 10.4. The first-order valence-corrected chi connectivity index (χ1v) is 3.92. The molecule has 5 nitrogen and oxygen atoms in total. The van der Waals surface area contributed by atoms with Gasteiger partial charge in [-0.1, -0.05) is 30.3 Å². The van der Waals surface area contributed by atoms with Crippen molar-refractivity contribution >= 4 is 5.97 Å². The average molecular weight is 199 g/mol. The molecule has 0 aromatic heterocycles. The molecule has 0 fully saturated rings. The zero-order chi connectivity index (χ0) is 11.0. The van der Waals surface area contributed by atoms with Crippen molar-refractivity contribution in [2.45, 2.75) is 12.5 Å². The Hall–Kier alpha value is -1.43. The second-order valence-electron chi connectivity index (χ2n) is 2.63. The quantitative estimate of drug-likeness (QED) is 0.423. The number of carbonyl (C=O) groups is 1. The van der Waals surface area contributed by atoms with Crippen LogP contribution < -0.4 is 5.73 Å². The molecule has 0 heterocycles. The minimum absolute atomic E-state index is 0.385. The molecule has 0 bridgehead atoms. The lowest BCUT2D eigenvalue weighted by atomic mass is 10.1. The van der Waals surface area contributed by atoms with Crippen molar-refractivity contribution in [3.05, 3.63) is 35.9 Å². The van der Waals surface area contributed by atoms with E-state index in [2.05, 4.69) is 0 Å². The van der Waals surface area contributed by atoms with Crippen molar-refractivity contribution in [1.29, 1.82) is 0 Å². The van der Waals surface area contributed by atoms with Crippen LogP contribution in [0.5, 0.6) is 0 Å². The fourth-order valence-electron chi connectivity index (χ4n) is 0.955. The normalized spacial score (nSPS) is 11.1. The summed E-state index contributed by atoms with van der Waals surface area (Å²) in [7, 11) is 0. The predicted octanol–water partition coefficient (Wildman–Crippen LogP) is 0.658. The molecule has 0 unspecified atom stereocenters. The van der Waals surface area contributed by atoms with Gasteiger partial charge in [0.25, 0.3) is 0 Å². The predicted molar refractivity (Wildman–Crippen MR) is 51.0 cm³/mol. The lowest BCUT2D eigenvalue weighted by molar-refractivity contribution is -0.176. The summed E-state index contributed by atoms with van der Waals surface area (Å²) >= 11 is 0. The maximum Gasteiger partial charge on any atom is 0.320 e. The topological polar surface area (TPSA) is 104 Å². The summed E-state index contributed by atoms with van der Waals surface area (Å²) in [4.78, 5) is 10.4. The second-order valence-corrected chi connectivity index (χ2v) is 2.63. The van der Waals surface area contributed by atoms with E-state index in [0.717, 1.165) is 5.56 Å². The third-order valence-corrected chi connectivity index (χ3v) is 1.62. The standard InChI is InChI=1S/C9H11NO2.H2O2/c10-8(9(11)12)6-7-4-2-1-3-5-7;1-2/h1-5,8H,6,10H2,(H,11,12);1-2H/t8-;/m0./s1. The lowest BCUT2D eigenvalue weighted by Gasteiger charge is -2.04. The van der Waals surface area contributed by atoms with Crippen molar-refractivity contribution in [2.24, 2.45) is 5.73 Å². The molecule has 1 rings (SSSR count). The van der Waals surface area contributed by atoms with Crippen molar-refractivity contribution < 1.29 is 20.4 Å². The molecule has 0 aliphatic carbocycles. The summed E-state index contributed by atoms with van der Waals surface area (Å²) < 4.78 is 0. The number of nitrogens with two attached hydrogens (primary N) is 1. The van der Waals surface area contributed by atoms with E-state index < -0.39 is 12.0 Å². The van der Waals surface area contributed by atoms with Gasteiger partial charge in [0.05, 0.1) is 0 Å². The smallest absolute Gasteiger partial charge is 0.320 e. The summed E-state index contributed by atoms with van der Waals surface area (Å²) in [5, 5.41) is 20.5. The molecule has 14 heavy (non-hydrogen) atoms. The molecule has 1 atom stereocenters. The van der Waals surface area contributed by atoms with Crippen LogP contribution in [0.25, 0.3) is 0 Å². The van der Waals surface area contributed by atoms with Crippen LogP contribution in [-0.4, -0.2) is 27.6 Å². The highest BCUT2D eigenvalue weighted by Gasteiger charge is 2.10. The number of carboxylic acids is 1. The maximum absolute atomic E-state index is 10.4. The molecule has 1 aromatic carbocycles. The van der Waals surface area contributed by atoms with Crippen LogP contribution in [0.15, 0.2) is 30.3 Å². The number of hydrogen-bond acceptors (Lipinski definition) is 4. The van der Waals surface area contributed by atoms with E-state index in [-0.39, 0.29) is 0 Å². The van der Waals surface area contributed by atoms with E-state index in [1.165, 1.54) is 0 Å². The molecule has 5 heteroatoms. The van der Waals surface area contributed by atoms with Gasteiger partial charge in [0.15, 0.2) is 0 Å². The summed E-state index contributed by atoms with van der Waals surface area (Å²) in [5.74, 6) is -0.959. The van der Waals surface area contributed by atoms with Gasteiger partial charge in [-0.15, -0.1) is 0 Å². The Labute approximate surface area is 81.3 Å². The Morgan fingerprint density at radius 3 is 2.21 bits per heavy atom. The molecule has 0 aliphatic heterocycles. The van der Waals surface area contributed by atoms with Crippen LogP contribution in [0.4, 0.5) is 0 Å². The first kappa shape index (κ1) is 12.6. The van der Waals surface area contributed by atoms with Gasteiger partial charge in [-0.3, -0.25) is 15.3 Å². The Kier molecular flexibility index (Phi) is 6.30. The van der Waals surface area contributed by atoms with Crippen LogP contribution in [0.3, 0.4) is 0 Å². The minimum atomic E-state index is -0.959. The fourth-order valence-corrected chi connectivity index (χ4v) is 0.955. The van der Waals surface area contributed by atoms with Crippen LogP contribution in [0.1, 0.15) is 5.56 Å². The molecule has 0 radical (unpaired) electrons. The number of hydrogen-bond donors (Lipinski definition) is 4. The van der Waals surface area contributed by atoms with Gasteiger partial charge < -0.3 is 10.8 Å². The van der Waals surface area contributed by atoms with Gasteiger partial charge in [0.1, 0.15) is 6.04 Å². The second kappa shape index (κ2) is 7.02. The van der Waals surface area contributed by atoms with Crippen molar-refractivity contribution in [3.8, 4) is 0 Å². The van der Waals surface area contributed by atoms with Gasteiger partial charge in [-0.2, -0.15) is 0 Å². The molecule has 5 N–H and O–H groups in total. The summed E-state index contributed by atoms with van der Waals surface area (Å²) in [6.45, 7) is 0. The summed E-state index contributed by atoms with van der Waals surface area (Å²) in [6, 6.07) is 8.54. The van der Waals surface area contributed by atoms with Crippen LogP contribution >= 0.6 is 0 Å². The lowest BCUT2D eigenvalue weighted by Crippen LogP contribution is -2.32. The highest BCUT2D eigenvalue weighted by Crippen LogP contribution is 2.01. The van der Waals surface area contributed by atoms with E-state index in [9.17, 15) is 4.79 Å². The van der Waals surface area contributed by atoms with Crippen LogP contribution in [0, 0.1) is 0 Å². The molecule has 0 saturated carbocycles. The molecular weight excluding hydrogens is 186 g/mol. The Bertz CT molecular complexity index is 263. The monoisotopic (exact) mass is 199 g/mol. The zero-order valence-corrected chi connectivity index (χ0v) is 7.50. The number of benzene rings is 1. The largest absolute Gasteiger partial charge is 0.480 e. The highest BCUT2D eigenvalue weighted by atomic mass is 17.0. The fraction of sp³-hybridized carbons (Fsp3) is 0.222.